The second kappa shape index (κ2) is 10.1. The number of benzene rings is 2. The summed E-state index contributed by atoms with van der Waals surface area (Å²) in [6.45, 7) is 1.62. The maximum atomic E-state index is 11.8. The van der Waals surface area contributed by atoms with Crippen molar-refractivity contribution in [3.8, 4) is 11.8 Å². The number of anilines is 1. The summed E-state index contributed by atoms with van der Waals surface area (Å²) in [6, 6.07) is 10.3. The Hall–Kier alpha value is -2.09. The minimum absolute atomic E-state index is 0.0243. The molecule has 154 valence electrons. The number of hydrogen-bond donors (Lipinski definition) is 2. The van der Waals surface area contributed by atoms with E-state index in [1.165, 1.54) is 13.0 Å². The summed E-state index contributed by atoms with van der Waals surface area (Å²) in [5.41, 5.74) is 2.06. The Balaban J connectivity index is 2.21. The van der Waals surface area contributed by atoms with E-state index >= 15 is 0 Å². The molecule has 0 radical (unpaired) electrons. The van der Waals surface area contributed by atoms with Gasteiger partial charge in [0, 0.05) is 6.42 Å². The number of nitrogens with zero attached hydrogens (tertiary/aromatic N) is 1. The van der Waals surface area contributed by atoms with Crippen molar-refractivity contribution < 1.29 is 23.1 Å². The second-order valence-electron chi connectivity index (χ2n) is 6.11. The molecule has 0 fully saturated rings. The zero-order valence-electron chi connectivity index (χ0n) is 15.4. The molecule has 0 aromatic heterocycles. The van der Waals surface area contributed by atoms with E-state index in [4.69, 9.17) is 9.84 Å². The lowest BCUT2D eigenvalue weighted by molar-refractivity contribution is -0.136. The number of rotatable bonds is 9. The van der Waals surface area contributed by atoms with Crippen molar-refractivity contribution in [2.75, 3.05) is 10.5 Å². The lowest BCUT2D eigenvalue weighted by atomic mass is 10.1. The maximum Gasteiger partial charge on any atom is 0.303 e. The highest BCUT2D eigenvalue weighted by atomic mass is 79.9. The van der Waals surface area contributed by atoms with Gasteiger partial charge >= 0.3 is 5.97 Å². The van der Waals surface area contributed by atoms with Crippen LogP contribution in [0.15, 0.2) is 39.3 Å². The molecule has 0 heterocycles. The predicted octanol–water partition coefficient (Wildman–Crippen LogP) is 4.44. The number of nitriles is 1. The van der Waals surface area contributed by atoms with E-state index < -0.39 is 16.0 Å². The quantitative estimate of drug-likeness (QED) is 0.481. The fourth-order valence-electron chi connectivity index (χ4n) is 2.45. The van der Waals surface area contributed by atoms with E-state index in [9.17, 15) is 18.5 Å². The number of aryl methyl sites for hydroxylation is 1. The number of halogens is 2. The fraction of sp³-hybridized carbons (Fsp3) is 0.263. The van der Waals surface area contributed by atoms with E-state index in [2.05, 4.69) is 36.6 Å². The number of ether oxygens (including phenoxy) is 1. The summed E-state index contributed by atoms with van der Waals surface area (Å²) in [7, 11) is -3.47. The minimum atomic E-state index is -3.47. The average Bonchev–Trinajstić information content (AvgIpc) is 2.65. The van der Waals surface area contributed by atoms with Gasteiger partial charge in [0.05, 0.1) is 32.0 Å². The van der Waals surface area contributed by atoms with Crippen LogP contribution in [0.2, 0.25) is 0 Å². The molecule has 2 aromatic rings. The third kappa shape index (κ3) is 7.03. The van der Waals surface area contributed by atoms with E-state index in [1.807, 2.05) is 6.07 Å². The molecular formula is C19H18Br2N2O5S. The van der Waals surface area contributed by atoms with Gasteiger partial charge in [-0.2, -0.15) is 5.26 Å². The monoisotopic (exact) mass is 544 g/mol. The van der Waals surface area contributed by atoms with Gasteiger partial charge in [-0.3, -0.25) is 9.52 Å². The summed E-state index contributed by atoms with van der Waals surface area (Å²) >= 11 is 6.85. The maximum absolute atomic E-state index is 11.8. The van der Waals surface area contributed by atoms with Gasteiger partial charge in [-0.15, -0.1) is 0 Å². The molecule has 0 saturated carbocycles. The van der Waals surface area contributed by atoms with Crippen molar-refractivity contribution >= 4 is 53.5 Å². The molecule has 0 spiro atoms. The van der Waals surface area contributed by atoms with Crippen LogP contribution in [0.25, 0.3) is 0 Å². The Bertz CT molecular complexity index is 1040. The highest BCUT2D eigenvalue weighted by Crippen LogP contribution is 2.36. The van der Waals surface area contributed by atoms with E-state index in [-0.39, 0.29) is 18.8 Å². The average molecular weight is 546 g/mol. The normalized spacial score (nSPS) is 11.0. The largest absolute Gasteiger partial charge is 0.487 e. The SMILES string of the molecule is CCS(=O)(=O)Nc1cc(C#N)cc(COc2c(Br)cc(CCC(=O)O)cc2Br)c1. The lowest BCUT2D eigenvalue weighted by Crippen LogP contribution is -2.15. The van der Waals surface area contributed by atoms with Gasteiger partial charge in [0.1, 0.15) is 12.4 Å². The van der Waals surface area contributed by atoms with E-state index in [0.717, 1.165) is 5.56 Å². The molecule has 0 unspecified atom stereocenters. The molecule has 10 heteroatoms. The third-order valence-corrected chi connectivity index (χ3v) is 6.33. The molecule has 0 amide bonds. The van der Waals surface area contributed by atoms with Gasteiger partial charge in [0.15, 0.2) is 0 Å². The molecule has 0 aliphatic heterocycles. The van der Waals surface area contributed by atoms with Crippen LogP contribution in [0.3, 0.4) is 0 Å². The van der Waals surface area contributed by atoms with Gasteiger partial charge in [-0.05, 0) is 86.7 Å². The number of aliphatic carboxylic acids is 1. The molecule has 0 aliphatic carbocycles. The molecule has 0 aliphatic rings. The number of nitrogens with one attached hydrogen (secondary N) is 1. The number of carbonyl (C=O) groups is 1. The first kappa shape index (κ1) is 23.2. The second-order valence-corrected chi connectivity index (χ2v) is 9.83. The molecule has 2 aromatic carbocycles. The smallest absolute Gasteiger partial charge is 0.303 e. The summed E-state index contributed by atoms with van der Waals surface area (Å²) in [6.07, 6.45) is 0.411. The summed E-state index contributed by atoms with van der Waals surface area (Å²) in [4.78, 5) is 10.7. The minimum Gasteiger partial charge on any atom is -0.487 e. The first-order valence-corrected chi connectivity index (χ1v) is 11.7. The van der Waals surface area contributed by atoms with Gasteiger partial charge in [0.2, 0.25) is 10.0 Å². The highest BCUT2D eigenvalue weighted by molar-refractivity contribution is 9.11. The summed E-state index contributed by atoms with van der Waals surface area (Å²) in [5, 5.41) is 18.0. The Kier molecular flexibility index (Phi) is 8.07. The van der Waals surface area contributed by atoms with Crippen molar-refractivity contribution in [2.24, 2.45) is 0 Å². The van der Waals surface area contributed by atoms with Gasteiger partial charge < -0.3 is 9.84 Å². The summed E-state index contributed by atoms with van der Waals surface area (Å²) in [5.74, 6) is -0.435. The Labute approximate surface area is 186 Å². The molecule has 0 bridgehead atoms. The van der Waals surface area contributed by atoms with Gasteiger partial charge in [-0.1, -0.05) is 0 Å². The van der Waals surface area contributed by atoms with Crippen LogP contribution in [0, 0.1) is 11.3 Å². The summed E-state index contributed by atoms with van der Waals surface area (Å²) < 4.78 is 33.2. The van der Waals surface area contributed by atoms with Crippen LogP contribution in [0.4, 0.5) is 5.69 Å². The Morgan fingerprint density at radius 3 is 2.38 bits per heavy atom. The number of carboxylic acids is 1. The van der Waals surface area contributed by atoms with Crippen molar-refractivity contribution in [3.63, 3.8) is 0 Å². The van der Waals surface area contributed by atoms with Crippen LogP contribution in [0.1, 0.15) is 30.0 Å². The lowest BCUT2D eigenvalue weighted by Gasteiger charge is -2.14. The van der Waals surface area contributed by atoms with Gasteiger partial charge in [0.25, 0.3) is 0 Å². The first-order valence-electron chi connectivity index (χ1n) is 8.50. The van der Waals surface area contributed by atoms with Gasteiger partial charge in [-0.25, -0.2) is 8.42 Å². The van der Waals surface area contributed by atoms with Crippen LogP contribution >= 0.6 is 31.9 Å². The van der Waals surface area contributed by atoms with Crippen LogP contribution < -0.4 is 9.46 Å². The van der Waals surface area contributed by atoms with Crippen LogP contribution in [-0.4, -0.2) is 25.2 Å². The van der Waals surface area contributed by atoms with Crippen molar-refractivity contribution in [1.29, 1.82) is 5.26 Å². The molecular weight excluding hydrogens is 528 g/mol. The zero-order valence-corrected chi connectivity index (χ0v) is 19.4. The fourth-order valence-corrected chi connectivity index (χ4v) is 4.58. The molecule has 0 atom stereocenters. The first-order chi connectivity index (χ1) is 13.6. The van der Waals surface area contributed by atoms with E-state index in [0.29, 0.717) is 37.9 Å². The molecule has 2 N–H and O–H groups in total. The molecule has 7 nitrogen and oxygen atoms in total. The van der Waals surface area contributed by atoms with Crippen molar-refractivity contribution in [3.05, 3.63) is 56.0 Å². The van der Waals surface area contributed by atoms with E-state index in [1.54, 1.807) is 24.3 Å². The van der Waals surface area contributed by atoms with Crippen molar-refractivity contribution in [2.45, 2.75) is 26.4 Å². The number of carboxylic acid groups (broad SMARTS) is 1. The molecule has 2 rings (SSSR count). The van der Waals surface area contributed by atoms with Crippen molar-refractivity contribution in [1.82, 2.24) is 0 Å². The number of sulfonamides is 1. The Morgan fingerprint density at radius 2 is 1.83 bits per heavy atom. The topological polar surface area (TPSA) is 116 Å². The zero-order chi connectivity index (χ0) is 21.6. The third-order valence-electron chi connectivity index (χ3n) is 3.84. The molecule has 29 heavy (non-hydrogen) atoms. The Morgan fingerprint density at radius 1 is 1.17 bits per heavy atom. The van der Waals surface area contributed by atoms with Crippen LogP contribution in [0.5, 0.6) is 5.75 Å². The predicted molar refractivity (Wildman–Crippen MR) is 116 cm³/mol. The highest BCUT2D eigenvalue weighted by Gasteiger charge is 2.13. The molecule has 0 saturated heterocycles. The standard InChI is InChI=1S/C19H18Br2N2O5S/c1-2-29(26,27)23-15-6-13(10-22)5-14(7-15)11-28-19-16(20)8-12(9-17(19)21)3-4-18(24)25/h5-9,23H,2-4,11H2,1H3,(H,24,25). The van der Waals surface area contributed by atoms with Crippen LogP contribution in [-0.2, 0) is 27.8 Å². The number of hydrogen-bond acceptors (Lipinski definition) is 5.